The van der Waals surface area contributed by atoms with E-state index >= 15 is 0 Å². The summed E-state index contributed by atoms with van der Waals surface area (Å²) >= 11 is 3.41. The minimum Gasteiger partial charge on any atom is -0.358 e. The zero-order valence-corrected chi connectivity index (χ0v) is 14.5. The number of aromatic amines is 1. The van der Waals surface area contributed by atoms with Crippen LogP contribution in [0.5, 0.6) is 0 Å². The standard InChI is InChI=1S/C19H16BrFN2O/c20-16-4-2-1-3-13(16)19(24)22-12-6-8-18-15(10-12)14-9-11(21)5-7-17(14)23-18/h1-5,7,9,12,23H,6,8,10H2,(H,22,24). The number of aryl methyl sites for hydroxylation is 1. The number of carbonyl (C=O) groups excluding carboxylic acids is 1. The van der Waals surface area contributed by atoms with Crippen LogP contribution in [0.25, 0.3) is 10.9 Å². The number of hydrogen-bond donors (Lipinski definition) is 2. The lowest BCUT2D eigenvalue weighted by Gasteiger charge is -2.24. The van der Waals surface area contributed by atoms with Gasteiger partial charge in [0.15, 0.2) is 0 Å². The van der Waals surface area contributed by atoms with Crippen LogP contribution in [0.15, 0.2) is 46.9 Å². The van der Waals surface area contributed by atoms with Crippen LogP contribution in [0, 0.1) is 5.82 Å². The Labute approximate surface area is 147 Å². The Hall–Kier alpha value is -2.14. The van der Waals surface area contributed by atoms with Gasteiger partial charge < -0.3 is 10.3 Å². The molecule has 2 aromatic carbocycles. The van der Waals surface area contributed by atoms with Crippen LogP contribution in [-0.4, -0.2) is 16.9 Å². The number of amides is 1. The van der Waals surface area contributed by atoms with E-state index in [0.717, 1.165) is 45.9 Å². The zero-order valence-electron chi connectivity index (χ0n) is 12.9. The Bertz CT molecular complexity index is 934. The Morgan fingerprint density at radius 1 is 1.25 bits per heavy atom. The highest BCUT2D eigenvalue weighted by Gasteiger charge is 2.24. The third-order valence-electron chi connectivity index (χ3n) is 4.60. The number of benzene rings is 2. The second kappa shape index (κ2) is 6.06. The summed E-state index contributed by atoms with van der Waals surface area (Å²) in [5, 5.41) is 4.03. The molecule has 0 fully saturated rings. The highest BCUT2D eigenvalue weighted by Crippen LogP contribution is 2.30. The smallest absolute Gasteiger partial charge is 0.252 e. The van der Waals surface area contributed by atoms with Gasteiger partial charge in [-0.2, -0.15) is 0 Å². The van der Waals surface area contributed by atoms with Crippen molar-refractivity contribution in [3.63, 3.8) is 0 Å². The van der Waals surface area contributed by atoms with E-state index in [1.165, 1.54) is 6.07 Å². The van der Waals surface area contributed by atoms with Crippen molar-refractivity contribution in [1.82, 2.24) is 10.3 Å². The number of carbonyl (C=O) groups is 1. The van der Waals surface area contributed by atoms with Crippen LogP contribution < -0.4 is 5.32 Å². The van der Waals surface area contributed by atoms with Crippen molar-refractivity contribution in [2.45, 2.75) is 25.3 Å². The summed E-state index contributed by atoms with van der Waals surface area (Å²) in [7, 11) is 0. The van der Waals surface area contributed by atoms with E-state index in [0.29, 0.717) is 5.56 Å². The van der Waals surface area contributed by atoms with Crippen LogP contribution in [-0.2, 0) is 12.8 Å². The SMILES string of the molecule is O=C(NC1CCc2[nH]c3ccc(F)cc3c2C1)c1ccccc1Br. The third kappa shape index (κ3) is 2.73. The van der Waals surface area contributed by atoms with Crippen molar-refractivity contribution >= 4 is 32.7 Å². The molecule has 0 radical (unpaired) electrons. The molecular weight excluding hydrogens is 371 g/mol. The maximum absolute atomic E-state index is 13.6. The molecule has 0 bridgehead atoms. The fourth-order valence-corrected chi connectivity index (χ4v) is 3.89. The number of aromatic nitrogens is 1. The van der Waals surface area contributed by atoms with Crippen molar-refractivity contribution in [2.75, 3.05) is 0 Å². The summed E-state index contributed by atoms with van der Waals surface area (Å²) in [5.41, 5.74) is 3.86. The van der Waals surface area contributed by atoms with E-state index in [1.54, 1.807) is 18.2 Å². The van der Waals surface area contributed by atoms with Gasteiger partial charge in [-0.15, -0.1) is 0 Å². The molecule has 24 heavy (non-hydrogen) atoms. The Kier molecular flexibility index (Phi) is 3.88. The van der Waals surface area contributed by atoms with Crippen molar-refractivity contribution in [3.8, 4) is 0 Å². The Balaban J connectivity index is 1.58. The number of fused-ring (bicyclic) bond motifs is 3. The molecule has 2 N–H and O–H groups in total. The first-order valence-corrected chi connectivity index (χ1v) is 8.75. The van der Waals surface area contributed by atoms with Crippen LogP contribution in [0.3, 0.4) is 0 Å². The maximum Gasteiger partial charge on any atom is 0.252 e. The predicted octanol–water partition coefficient (Wildman–Crippen LogP) is 4.36. The lowest BCUT2D eigenvalue weighted by atomic mass is 9.91. The lowest BCUT2D eigenvalue weighted by Crippen LogP contribution is -2.38. The van der Waals surface area contributed by atoms with Crippen molar-refractivity contribution in [2.24, 2.45) is 0 Å². The quantitative estimate of drug-likeness (QED) is 0.675. The molecule has 4 rings (SSSR count). The molecule has 1 aliphatic rings. The molecule has 3 nitrogen and oxygen atoms in total. The highest BCUT2D eigenvalue weighted by molar-refractivity contribution is 9.10. The van der Waals surface area contributed by atoms with Gasteiger partial charge >= 0.3 is 0 Å². The first-order valence-electron chi connectivity index (χ1n) is 7.96. The highest BCUT2D eigenvalue weighted by atomic mass is 79.9. The molecule has 1 aromatic heterocycles. The molecule has 0 aliphatic heterocycles. The number of hydrogen-bond acceptors (Lipinski definition) is 1. The Morgan fingerprint density at radius 2 is 2.08 bits per heavy atom. The van der Waals surface area contributed by atoms with Gasteiger partial charge in [0, 0.05) is 27.1 Å². The van der Waals surface area contributed by atoms with Crippen LogP contribution in [0.1, 0.15) is 28.0 Å². The summed E-state index contributed by atoms with van der Waals surface area (Å²) in [6.45, 7) is 0. The van der Waals surface area contributed by atoms with Gasteiger partial charge in [-0.25, -0.2) is 4.39 Å². The van der Waals surface area contributed by atoms with Gasteiger partial charge in [-0.05, 0) is 71.1 Å². The summed E-state index contributed by atoms with van der Waals surface area (Å²) in [6.07, 6.45) is 2.44. The molecule has 3 aromatic rings. The average Bonchev–Trinajstić information content (AvgIpc) is 2.92. The van der Waals surface area contributed by atoms with E-state index in [9.17, 15) is 9.18 Å². The van der Waals surface area contributed by atoms with E-state index in [2.05, 4.69) is 26.2 Å². The third-order valence-corrected chi connectivity index (χ3v) is 5.30. The minimum absolute atomic E-state index is 0.0550. The molecule has 1 aliphatic carbocycles. The Morgan fingerprint density at radius 3 is 2.92 bits per heavy atom. The molecule has 1 atom stereocenters. The molecule has 1 heterocycles. The summed E-state index contributed by atoms with van der Waals surface area (Å²) in [5.74, 6) is -0.314. The second-order valence-electron chi connectivity index (χ2n) is 6.17. The normalized spacial score (nSPS) is 16.8. The van der Waals surface area contributed by atoms with E-state index in [1.807, 2.05) is 18.2 Å². The van der Waals surface area contributed by atoms with Gasteiger partial charge in [0.2, 0.25) is 0 Å². The van der Waals surface area contributed by atoms with Gasteiger partial charge in [0.25, 0.3) is 5.91 Å². The molecule has 0 saturated carbocycles. The molecule has 122 valence electrons. The average molecular weight is 387 g/mol. The summed E-state index contributed by atoms with van der Waals surface area (Å²) in [4.78, 5) is 15.9. The first kappa shape index (κ1) is 15.4. The second-order valence-corrected chi connectivity index (χ2v) is 7.02. The molecule has 1 amide bonds. The van der Waals surface area contributed by atoms with Crippen molar-refractivity contribution in [1.29, 1.82) is 0 Å². The number of H-pyrrole nitrogens is 1. The first-order chi connectivity index (χ1) is 11.6. The van der Waals surface area contributed by atoms with Crippen LogP contribution >= 0.6 is 15.9 Å². The number of nitrogens with one attached hydrogen (secondary N) is 2. The van der Waals surface area contributed by atoms with Gasteiger partial charge in [0.1, 0.15) is 5.82 Å². The molecule has 0 spiro atoms. The van der Waals surface area contributed by atoms with E-state index in [4.69, 9.17) is 0 Å². The number of rotatable bonds is 2. The van der Waals surface area contributed by atoms with Gasteiger partial charge in [-0.1, -0.05) is 12.1 Å². The summed E-state index contributed by atoms with van der Waals surface area (Å²) in [6, 6.07) is 12.3. The molecule has 5 heteroatoms. The van der Waals surface area contributed by atoms with Crippen molar-refractivity contribution in [3.05, 3.63) is 69.6 Å². The molecule has 1 unspecified atom stereocenters. The van der Waals surface area contributed by atoms with Gasteiger partial charge in [-0.3, -0.25) is 4.79 Å². The van der Waals surface area contributed by atoms with E-state index < -0.39 is 0 Å². The molecular formula is C19H16BrFN2O. The minimum atomic E-state index is -0.233. The predicted molar refractivity (Wildman–Crippen MR) is 95.7 cm³/mol. The fourth-order valence-electron chi connectivity index (χ4n) is 3.42. The summed E-state index contributed by atoms with van der Waals surface area (Å²) < 4.78 is 14.4. The van der Waals surface area contributed by atoms with Crippen LogP contribution in [0.4, 0.5) is 4.39 Å². The van der Waals surface area contributed by atoms with Gasteiger partial charge in [0.05, 0.1) is 5.56 Å². The van der Waals surface area contributed by atoms with E-state index in [-0.39, 0.29) is 17.8 Å². The molecule has 0 saturated heterocycles. The van der Waals surface area contributed by atoms with Crippen molar-refractivity contribution < 1.29 is 9.18 Å². The monoisotopic (exact) mass is 386 g/mol. The maximum atomic E-state index is 13.6. The largest absolute Gasteiger partial charge is 0.358 e. The van der Waals surface area contributed by atoms with Crippen LogP contribution in [0.2, 0.25) is 0 Å². The fraction of sp³-hybridized carbons (Fsp3) is 0.211. The topological polar surface area (TPSA) is 44.9 Å². The lowest BCUT2D eigenvalue weighted by molar-refractivity contribution is 0.0933. The number of halogens is 2. The zero-order chi connectivity index (χ0) is 16.7.